The van der Waals surface area contributed by atoms with Crippen molar-refractivity contribution in [3.05, 3.63) is 17.7 Å². The van der Waals surface area contributed by atoms with Crippen molar-refractivity contribution in [2.45, 2.75) is 38.2 Å². The molecule has 1 aromatic rings. The molecule has 1 aliphatic heterocycles. The van der Waals surface area contributed by atoms with Crippen molar-refractivity contribution in [1.82, 2.24) is 0 Å². The van der Waals surface area contributed by atoms with Crippen LogP contribution in [0.1, 0.15) is 31.2 Å². The molecule has 1 fully saturated rings. The Kier molecular flexibility index (Phi) is 2.42. The van der Waals surface area contributed by atoms with Crippen LogP contribution in [0.2, 0.25) is 0 Å². The molecule has 0 unspecified atom stereocenters. The maximum absolute atomic E-state index is 11.3. The van der Waals surface area contributed by atoms with Crippen molar-refractivity contribution in [1.29, 1.82) is 0 Å². The number of nitrogen functional groups attached to an aromatic ring is 1. The van der Waals surface area contributed by atoms with Gasteiger partial charge in [0, 0.05) is 12.1 Å². The van der Waals surface area contributed by atoms with Gasteiger partial charge in [-0.1, -0.05) is 0 Å². The first-order valence-corrected chi connectivity index (χ1v) is 6.11. The predicted molar refractivity (Wildman–Crippen MR) is 66.1 cm³/mol. The molecular weight excluding hydrogens is 216 g/mol. The molecule has 3 N–H and O–H groups in total. The molecule has 0 saturated heterocycles. The van der Waals surface area contributed by atoms with Gasteiger partial charge in [0.05, 0.1) is 11.8 Å². The van der Waals surface area contributed by atoms with Crippen LogP contribution in [0.3, 0.4) is 0 Å². The van der Waals surface area contributed by atoms with Crippen molar-refractivity contribution in [3.63, 3.8) is 0 Å². The Morgan fingerprint density at radius 2 is 2.12 bits per heavy atom. The van der Waals surface area contributed by atoms with Gasteiger partial charge in [0.15, 0.2) is 0 Å². The number of nitrogens with two attached hydrogens (primary N) is 1. The molecule has 0 spiro atoms. The molecule has 0 bridgehead atoms. The number of anilines is 2. The molecule has 1 saturated carbocycles. The van der Waals surface area contributed by atoms with E-state index in [1.807, 2.05) is 6.07 Å². The SMILES string of the molecule is Nc1cc2c(cc1OC1CCC1)CCC(=O)N2. The van der Waals surface area contributed by atoms with Crippen molar-refractivity contribution in [3.8, 4) is 5.75 Å². The Morgan fingerprint density at radius 3 is 2.82 bits per heavy atom. The Hall–Kier alpha value is -1.71. The van der Waals surface area contributed by atoms with E-state index in [0.29, 0.717) is 18.2 Å². The first-order valence-electron chi connectivity index (χ1n) is 6.11. The number of benzene rings is 1. The molecule has 1 aromatic carbocycles. The lowest BCUT2D eigenvalue weighted by atomic mass is 9.96. The summed E-state index contributed by atoms with van der Waals surface area (Å²) in [6.07, 6.45) is 5.11. The Bertz CT molecular complexity index is 467. The number of carbonyl (C=O) groups is 1. The summed E-state index contributed by atoms with van der Waals surface area (Å²) in [5.41, 5.74) is 8.50. The fourth-order valence-corrected chi connectivity index (χ4v) is 2.19. The Labute approximate surface area is 100 Å². The molecule has 3 rings (SSSR count). The molecular formula is C13H16N2O2. The molecule has 90 valence electrons. The first kappa shape index (κ1) is 10.4. The third-order valence-electron chi connectivity index (χ3n) is 3.48. The summed E-state index contributed by atoms with van der Waals surface area (Å²) in [4.78, 5) is 11.3. The smallest absolute Gasteiger partial charge is 0.224 e. The second-order valence-corrected chi connectivity index (χ2v) is 4.77. The Morgan fingerprint density at radius 1 is 1.29 bits per heavy atom. The third-order valence-corrected chi connectivity index (χ3v) is 3.48. The van der Waals surface area contributed by atoms with Crippen LogP contribution in [0.15, 0.2) is 12.1 Å². The van der Waals surface area contributed by atoms with Crippen molar-refractivity contribution in [2.75, 3.05) is 11.1 Å². The highest BCUT2D eigenvalue weighted by atomic mass is 16.5. The first-order chi connectivity index (χ1) is 8.22. The van der Waals surface area contributed by atoms with Gasteiger partial charge < -0.3 is 15.8 Å². The number of fused-ring (bicyclic) bond motifs is 1. The van der Waals surface area contributed by atoms with Gasteiger partial charge in [0.2, 0.25) is 5.91 Å². The molecule has 0 aromatic heterocycles. The maximum Gasteiger partial charge on any atom is 0.224 e. The summed E-state index contributed by atoms with van der Waals surface area (Å²) in [6, 6.07) is 3.78. The van der Waals surface area contributed by atoms with Crippen LogP contribution in [0.5, 0.6) is 5.75 Å². The molecule has 4 nitrogen and oxygen atoms in total. The topological polar surface area (TPSA) is 64.3 Å². The van der Waals surface area contributed by atoms with Gasteiger partial charge in [0.25, 0.3) is 0 Å². The van der Waals surface area contributed by atoms with Crippen LogP contribution in [0.25, 0.3) is 0 Å². The Balaban J connectivity index is 1.87. The lowest BCUT2D eigenvalue weighted by Crippen LogP contribution is -2.25. The van der Waals surface area contributed by atoms with Crippen LogP contribution < -0.4 is 15.8 Å². The van der Waals surface area contributed by atoms with E-state index in [1.165, 1.54) is 6.42 Å². The number of amides is 1. The van der Waals surface area contributed by atoms with Gasteiger partial charge in [-0.15, -0.1) is 0 Å². The largest absolute Gasteiger partial charge is 0.488 e. The minimum Gasteiger partial charge on any atom is -0.488 e. The van der Waals surface area contributed by atoms with Crippen LogP contribution in [-0.4, -0.2) is 12.0 Å². The summed E-state index contributed by atoms with van der Waals surface area (Å²) in [7, 11) is 0. The van der Waals surface area contributed by atoms with Gasteiger partial charge in [-0.05, 0) is 43.4 Å². The average molecular weight is 232 g/mol. The highest BCUT2D eigenvalue weighted by molar-refractivity contribution is 5.94. The fraction of sp³-hybridized carbons (Fsp3) is 0.462. The summed E-state index contributed by atoms with van der Waals surface area (Å²) in [6.45, 7) is 0. The van der Waals surface area contributed by atoms with Gasteiger partial charge in [-0.2, -0.15) is 0 Å². The van der Waals surface area contributed by atoms with E-state index >= 15 is 0 Å². The number of hydrogen-bond donors (Lipinski definition) is 2. The summed E-state index contributed by atoms with van der Waals surface area (Å²) < 4.78 is 5.84. The molecule has 1 heterocycles. The van der Waals surface area contributed by atoms with E-state index in [-0.39, 0.29) is 5.91 Å². The van der Waals surface area contributed by atoms with Gasteiger partial charge >= 0.3 is 0 Å². The minimum atomic E-state index is 0.0598. The van der Waals surface area contributed by atoms with E-state index in [9.17, 15) is 4.79 Å². The molecule has 2 aliphatic rings. The van der Waals surface area contributed by atoms with Crippen LogP contribution in [-0.2, 0) is 11.2 Å². The fourth-order valence-electron chi connectivity index (χ4n) is 2.19. The normalized spacial score (nSPS) is 19.2. The van der Waals surface area contributed by atoms with Crippen LogP contribution in [0.4, 0.5) is 11.4 Å². The standard InChI is InChI=1S/C13H16N2O2/c14-10-7-11-8(4-5-13(16)15-11)6-12(10)17-9-2-1-3-9/h6-7,9H,1-5,14H2,(H,15,16). The molecule has 1 amide bonds. The number of nitrogens with one attached hydrogen (secondary N) is 1. The van der Waals surface area contributed by atoms with Crippen LogP contribution >= 0.6 is 0 Å². The van der Waals surface area contributed by atoms with Crippen molar-refractivity contribution >= 4 is 17.3 Å². The van der Waals surface area contributed by atoms with E-state index in [1.54, 1.807) is 6.07 Å². The summed E-state index contributed by atoms with van der Waals surface area (Å²) in [5, 5.41) is 2.83. The molecule has 0 atom stereocenters. The van der Waals surface area contributed by atoms with Gasteiger partial charge in [0.1, 0.15) is 5.75 Å². The van der Waals surface area contributed by atoms with E-state index in [0.717, 1.165) is 36.3 Å². The minimum absolute atomic E-state index is 0.0598. The van der Waals surface area contributed by atoms with Crippen molar-refractivity contribution < 1.29 is 9.53 Å². The number of aryl methyl sites for hydroxylation is 1. The predicted octanol–water partition coefficient (Wildman–Crippen LogP) is 2.08. The molecule has 1 aliphatic carbocycles. The monoisotopic (exact) mass is 232 g/mol. The molecule has 17 heavy (non-hydrogen) atoms. The molecule has 0 radical (unpaired) electrons. The lowest BCUT2D eigenvalue weighted by molar-refractivity contribution is -0.116. The van der Waals surface area contributed by atoms with Gasteiger partial charge in [-0.3, -0.25) is 4.79 Å². The summed E-state index contributed by atoms with van der Waals surface area (Å²) in [5.74, 6) is 0.828. The van der Waals surface area contributed by atoms with Gasteiger partial charge in [-0.25, -0.2) is 0 Å². The maximum atomic E-state index is 11.3. The highest BCUT2D eigenvalue weighted by Crippen LogP contribution is 2.35. The summed E-state index contributed by atoms with van der Waals surface area (Å²) >= 11 is 0. The van der Waals surface area contributed by atoms with E-state index in [4.69, 9.17) is 10.5 Å². The number of hydrogen-bond acceptors (Lipinski definition) is 3. The van der Waals surface area contributed by atoms with E-state index in [2.05, 4.69) is 5.32 Å². The van der Waals surface area contributed by atoms with E-state index < -0.39 is 0 Å². The third kappa shape index (κ3) is 1.95. The zero-order valence-corrected chi connectivity index (χ0v) is 9.66. The second kappa shape index (κ2) is 3.95. The number of ether oxygens (including phenoxy) is 1. The molecule has 4 heteroatoms. The van der Waals surface area contributed by atoms with Crippen LogP contribution in [0, 0.1) is 0 Å². The zero-order chi connectivity index (χ0) is 11.8. The zero-order valence-electron chi connectivity index (χ0n) is 9.66. The highest BCUT2D eigenvalue weighted by Gasteiger charge is 2.22. The lowest BCUT2D eigenvalue weighted by Gasteiger charge is -2.28. The average Bonchev–Trinajstić information content (AvgIpc) is 2.23. The number of carbonyl (C=O) groups excluding carboxylic acids is 1. The quantitative estimate of drug-likeness (QED) is 0.767. The second-order valence-electron chi connectivity index (χ2n) is 4.77. The number of rotatable bonds is 2. The van der Waals surface area contributed by atoms with Crippen molar-refractivity contribution in [2.24, 2.45) is 0 Å².